The van der Waals surface area contributed by atoms with Gasteiger partial charge in [-0.05, 0) is 54.8 Å². The third-order valence-corrected chi connectivity index (χ3v) is 6.56. The van der Waals surface area contributed by atoms with Crippen molar-refractivity contribution >= 4 is 44.2 Å². The fourth-order valence-electron chi connectivity index (χ4n) is 3.86. The first-order valence-electron chi connectivity index (χ1n) is 11.0. The second-order valence-electron chi connectivity index (χ2n) is 7.96. The van der Waals surface area contributed by atoms with Crippen molar-refractivity contribution < 1.29 is 14.0 Å². The molecular weight excluding hydrogens is 427 g/mol. The predicted molar refractivity (Wildman–Crippen MR) is 127 cm³/mol. The van der Waals surface area contributed by atoms with E-state index in [4.69, 9.17) is 0 Å². The molecule has 1 fully saturated rings. The Labute approximate surface area is 191 Å². The number of amides is 2. The molecule has 0 bridgehead atoms. The maximum absolute atomic E-state index is 13.1. The number of carbonyl (C=O) groups is 2. The Kier molecular flexibility index (Phi) is 6.99. The number of aryl methyl sites for hydroxylation is 1. The molecule has 0 radical (unpaired) electrons. The van der Waals surface area contributed by atoms with Crippen LogP contribution in [0.5, 0.6) is 0 Å². The number of fused-ring (bicyclic) bond motifs is 1. The largest absolute Gasteiger partial charge is 0.368 e. The molecule has 8 heteroatoms. The van der Waals surface area contributed by atoms with Gasteiger partial charge in [-0.25, -0.2) is 9.37 Å². The Morgan fingerprint density at radius 1 is 1.06 bits per heavy atom. The molecule has 4 rings (SSSR count). The highest BCUT2D eigenvalue weighted by atomic mass is 32.1. The highest BCUT2D eigenvalue weighted by molar-refractivity contribution is 7.22. The third kappa shape index (κ3) is 5.43. The summed E-state index contributed by atoms with van der Waals surface area (Å²) in [4.78, 5) is 33.1. The molecular formula is C24H27FN4O2S. The molecule has 1 aliphatic rings. The average Bonchev–Trinajstić information content (AvgIpc) is 3.19. The standard InChI is InChI=1S/C24H27FN4O2S/c1-2-3-22(30)27-24-26-20-10-4-17(16-21(20)32-24)5-11-23(31)29-14-12-28(13-15-29)19-8-6-18(25)7-9-19/h4,6-10,16H,2-3,5,11-15H2,1H3,(H,26,27,30). The number of carbonyl (C=O) groups excluding carboxylic acids is 2. The molecule has 1 saturated heterocycles. The maximum Gasteiger partial charge on any atom is 0.226 e. The van der Waals surface area contributed by atoms with Crippen molar-refractivity contribution in [3.63, 3.8) is 0 Å². The molecule has 32 heavy (non-hydrogen) atoms. The molecule has 0 aliphatic carbocycles. The molecule has 0 unspecified atom stereocenters. The smallest absolute Gasteiger partial charge is 0.226 e. The monoisotopic (exact) mass is 454 g/mol. The van der Waals surface area contributed by atoms with Crippen LogP contribution in [0.15, 0.2) is 42.5 Å². The van der Waals surface area contributed by atoms with Gasteiger partial charge in [0.2, 0.25) is 11.8 Å². The van der Waals surface area contributed by atoms with Crippen LogP contribution in [0.3, 0.4) is 0 Å². The number of piperazine rings is 1. The summed E-state index contributed by atoms with van der Waals surface area (Å²) in [7, 11) is 0. The molecule has 1 N–H and O–H groups in total. The SMILES string of the molecule is CCCC(=O)Nc1nc2ccc(CCC(=O)N3CCN(c4ccc(F)cc4)CC3)cc2s1. The number of aromatic nitrogens is 1. The summed E-state index contributed by atoms with van der Waals surface area (Å²) in [5.74, 6) is -0.103. The van der Waals surface area contributed by atoms with E-state index in [1.54, 1.807) is 12.1 Å². The molecule has 2 heterocycles. The second kappa shape index (κ2) is 10.1. The van der Waals surface area contributed by atoms with Gasteiger partial charge in [-0.15, -0.1) is 0 Å². The van der Waals surface area contributed by atoms with Crippen LogP contribution in [0.25, 0.3) is 10.2 Å². The van der Waals surface area contributed by atoms with E-state index in [-0.39, 0.29) is 17.6 Å². The van der Waals surface area contributed by atoms with E-state index in [1.165, 1.54) is 23.5 Å². The molecule has 0 saturated carbocycles. The van der Waals surface area contributed by atoms with Gasteiger partial charge in [-0.1, -0.05) is 24.3 Å². The minimum absolute atomic E-state index is 0.0168. The first-order valence-corrected chi connectivity index (χ1v) is 11.8. The number of anilines is 2. The van der Waals surface area contributed by atoms with Crippen LogP contribution in [0.1, 0.15) is 31.7 Å². The molecule has 0 spiro atoms. The van der Waals surface area contributed by atoms with E-state index < -0.39 is 0 Å². The van der Waals surface area contributed by atoms with Crippen LogP contribution < -0.4 is 10.2 Å². The predicted octanol–water partition coefficient (Wildman–Crippen LogP) is 4.46. The molecule has 2 aromatic carbocycles. The number of hydrogen-bond acceptors (Lipinski definition) is 5. The summed E-state index contributed by atoms with van der Waals surface area (Å²) in [6.07, 6.45) is 2.42. The summed E-state index contributed by atoms with van der Waals surface area (Å²) in [6, 6.07) is 12.5. The van der Waals surface area contributed by atoms with E-state index in [9.17, 15) is 14.0 Å². The molecule has 168 valence electrons. The van der Waals surface area contributed by atoms with Crippen molar-refractivity contribution in [3.8, 4) is 0 Å². The Hall–Kier alpha value is -3.00. The van der Waals surface area contributed by atoms with Gasteiger partial charge in [-0.3, -0.25) is 9.59 Å². The lowest BCUT2D eigenvalue weighted by Crippen LogP contribution is -2.48. The van der Waals surface area contributed by atoms with E-state index in [1.807, 2.05) is 24.0 Å². The highest BCUT2D eigenvalue weighted by Crippen LogP contribution is 2.27. The number of thiazole rings is 1. The summed E-state index contributed by atoms with van der Waals surface area (Å²) in [5, 5.41) is 3.46. The summed E-state index contributed by atoms with van der Waals surface area (Å²) in [6.45, 7) is 4.81. The van der Waals surface area contributed by atoms with Gasteiger partial charge in [0.15, 0.2) is 5.13 Å². The summed E-state index contributed by atoms with van der Waals surface area (Å²) < 4.78 is 14.1. The van der Waals surface area contributed by atoms with Gasteiger partial charge in [0, 0.05) is 44.7 Å². The summed E-state index contributed by atoms with van der Waals surface area (Å²) in [5.41, 5.74) is 2.93. The lowest BCUT2D eigenvalue weighted by Gasteiger charge is -2.36. The molecule has 2 amide bonds. The van der Waals surface area contributed by atoms with Crippen LogP contribution in [0.4, 0.5) is 15.2 Å². The highest BCUT2D eigenvalue weighted by Gasteiger charge is 2.21. The number of halogens is 1. The maximum atomic E-state index is 13.1. The van der Waals surface area contributed by atoms with Crippen molar-refractivity contribution in [2.45, 2.75) is 32.6 Å². The fraction of sp³-hybridized carbons (Fsp3) is 0.375. The van der Waals surface area contributed by atoms with Gasteiger partial charge in [-0.2, -0.15) is 0 Å². The van der Waals surface area contributed by atoms with Crippen LogP contribution in [-0.4, -0.2) is 47.9 Å². The summed E-state index contributed by atoms with van der Waals surface area (Å²) >= 11 is 1.46. The number of nitrogens with zero attached hydrogens (tertiary/aromatic N) is 3. The Morgan fingerprint density at radius 2 is 1.81 bits per heavy atom. The van der Waals surface area contributed by atoms with Crippen LogP contribution in [-0.2, 0) is 16.0 Å². The van der Waals surface area contributed by atoms with Gasteiger partial charge >= 0.3 is 0 Å². The molecule has 3 aromatic rings. The average molecular weight is 455 g/mol. The fourth-order valence-corrected chi connectivity index (χ4v) is 4.81. The first-order chi connectivity index (χ1) is 15.5. The van der Waals surface area contributed by atoms with Crippen molar-refractivity contribution in [2.24, 2.45) is 0 Å². The zero-order valence-corrected chi connectivity index (χ0v) is 19.0. The molecule has 1 aromatic heterocycles. The number of benzene rings is 2. The number of nitrogens with one attached hydrogen (secondary N) is 1. The van der Waals surface area contributed by atoms with E-state index in [0.717, 1.165) is 41.0 Å². The van der Waals surface area contributed by atoms with Crippen molar-refractivity contribution in [1.82, 2.24) is 9.88 Å². The zero-order valence-electron chi connectivity index (χ0n) is 18.1. The second-order valence-corrected chi connectivity index (χ2v) is 8.99. The van der Waals surface area contributed by atoms with E-state index in [0.29, 0.717) is 37.5 Å². The lowest BCUT2D eigenvalue weighted by atomic mass is 10.1. The van der Waals surface area contributed by atoms with Crippen molar-refractivity contribution in [3.05, 3.63) is 53.8 Å². The van der Waals surface area contributed by atoms with Gasteiger partial charge in [0.1, 0.15) is 5.82 Å². The minimum Gasteiger partial charge on any atom is -0.368 e. The zero-order chi connectivity index (χ0) is 22.5. The topological polar surface area (TPSA) is 65.5 Å². The molecule has 0 atom stereocenters. The van der Waals surface area contributed by atoms with Gasteiger partial charge in [0.25, 0.3) is 0 Å². The first kappa shape index (κ1) is 22.2. The minimum atomic E-state index is -0.239. The van der Waals surface area contributed by atoms with Crippen LogP contribution in [0, 0.1) is 5.82 Å². The van der Waals surface area contributed by atoms with E-state index >= 15 is 0 Å². The molecule has 6 nitrogen and oxygen atoms in total. The Bertz CT molecular complexity index is 1090. The van der Waals surface area contributed by atoms with E-state index in [2.05, 4.69) is 21.3 Å². The molecule has 1 aliphatic heterocycles. The number of hydrogen-bond donors (Lipinski definition) is 1. The Balaban J connectivity index is 1.29. The lowest BCUT2D eigenvalue weighted by molar-refractivity contribution is -0.131. The van der Waals surface area contributed by atoms with Crippen LogP contribution >= 0.6 is 11.3 Å². The van der Waals surface area contributed by atoms with Crippen LogP contribution in [0.2, 0.25) is 0 Å². The van der Waals surface area contributed by atoms with Crippen molar-refractivity contribution in [1.29, 1.82) is 0 Å². The van der Waals surface area contributed by atoms with Crippen molar-refractivity contribution in [2.75, 3.05) is 36.4 Å². The van der Waals surface area contributed by atoms with Gasteiger partial charge in [0.05, 0.1) is 10.2 Å². The third-order valence-electron chi connectivity index (χ3n) is 5.63. The normalized spacial score (nSPS) is 14.1. The quantitative estimate of drug-likeness (QED) is 0.573. The van der Waals surface area contributed by atoms with Gasteiger partial charge < -0.3 is 15.1 Å². The Morgan fingerprint density at radius 3 is 2.53 bits per heavy atom. The number of rotatable bonds is 7.